The first-order valence-corrected chi connectivity index (χ1v) is 10.9. The maximum absolute atomic E-state index is 12.9. The van der Waals surface area contributed by atoms with E-state index in [4.69, 9.17) is 27.9 Å². The SMILES string of the molecule is COc1ccc(C2SCC(=O)N2NC(=O)c2sc3ccc(Cl)cc3c2Cl)cc1. The van der Waals surface area contributed by atoms with Crippen LogP contribution in [0.1, 0.15) is 20.6 Å². The Morgan fingerprint density at radius 1 is 1.21 bits per heavy atom. The molecule has 1 unspecified atom stereocenters. The number of thioether (sulfide) groups is 1. The highest BCUT2D eigenvalue weighted by Gasteiger charge is 2.35. The number of rotatable bonds is 4. The molecule has 2 heterocycles. The monoisotopic (exact) mass is 452 g/mol. The second-order valence-electron chi connectivity index (χ2n) is 6.03. The Labute approximate surface area is 179 Å². The van der Waals surface area contributed by atoms with Crippen LogP contribution in [0.2, 0.25) is 10.0 Å². The quantitative estimate of drug-likeness (QED) is 0.595. The van der Waals surface area contributed by atoms with E-state index in [2.05, 4.69) is 5.43 Å². The van der Waals surface area contributed by atoms with Gasteiger partial charge in [0.2, 0.25) is 0 Å². The topological polar surface area (TPSA) is 58.6 Å². The molecule has 0 aliphatic carbocycles. The Bertz CT molecular complexity index is 1070. The number of hydrazine groups is 1. The van der Waals surface area contributed by atoms with Crippen LogP contribution in [0, 0.1) is 0 Å². The first-order valence-electron chi connectivity index (χ1n) is 8.24. The molecule has 1 saturated heterocycles. The second kappa shape index (κ2) is 7.83. The number of amides is 2. The minimum atomic E-state index is -0.420. The minimum absolute atomic E-state index is 0.167. The molecule has 2 aromatic carbocycles. The van der Waals surface area contributed by atoms with Crippen molar-refractivity contribution >= 4 is 68.2 Å². The number of nitrogens with zero attached hydrogens (tertiary/aromatic N) is 1. The van der Waals surface area contributed by atoms with E-state index in [-0.39, 0.29) is 17.0 Å². The van der Waals surface area contributed by atoms with Gasteiger partial charge in [-0.05, 0) is 35.9 Å². The van der Waals surface area contributed by atoms with Crippen LogP contribution in [0.4, 0.5) is 0 Å². The normalized spacial score (nSPS) is 16.6. The molecule has 28 heavy (non-hydrogen) atoms. The lowest BCUT2D eigenvalue weighted by atomic mass is 10.2. The van der Waals surface area contributed by atoms with Crippen LogP contribution in [-0.2, 0) is 4.79 Å². The molecular weight excluding hydrogens is 439 g/mol. The van der Waals surface area contributed by atoms with Crippen LogP contribution in [0.3, 0.4) is 0 Å². The lowest BCUT2D eigenvalue weighted by Gasteiger charge is -2.24. The van der Waals surface area contributed by atoms with E-state index in [0.717, 1.165) is 21.4 Å². The highest BCUT2D eigenvalue weighted by Crippen LogP contribution is 2.39. The van der Waals surface area contributed by atoms with Crippen molar-refractivity contribution in [3.05, 3.63) is 63.0 Å². The molecule has 4 rings (SSSR count). The zero-order chi connectivity index (χ0) is 19.8. The van der Waals surface area contributed by atoms with Gasteiger partial charge in [0.1, 0.15) is 16.0 Å². The summed E-state index contributed by atoms with van der Waals surface area (Å²) >= 11 is 15.1. The maximum atomic E-state index is 12.9. The van der Waals surface area contributed by atoms with E-state index in [0.29, 0.717) is 14.9 Å². The van der Waals surface area contributed by atoms with E-state index in [1.807, 2.05) is 30.3 Å². The summed E-state index contributed by atoms with van der Waals surface area (Å²) in [6, 6.07) is 12.7. The van der Waals surface area contributed by atoms with Crippen LogP contribution < -0.4 is 10.2 Å². The molecule has 1 aromatic heterocycles. The number of hydrogen-bond donors (Lipinski definition) is 1. The number of ether oxygens (including phenoxy) is 1. The Morgan fingerprint density at radius 2 is 1.96 bits per heavy atom. The maximum Gasteiger partial charge on any atom is 0.281 e. The number of halogens is 2. The first kappa shape index (κ1) is 19.4. The van der Waals surface area contributed by atoms with Crippen molar-refractivity contribution in [3.8, 4) is 5.75 Å². The summed E-state index contributed by atoms with van der Waals surface area (Å²) in [5, 5.41) is 2.65. The third-order valence-electron chi connectivity index (χ3n) is 4.29. The zero-order valence-corrected chi connectivity index (χ0v) is 17.7. The van der Waals surface area contributed by atoms with Crippen molar-refractivity contribution in [1.29, 1.82) is 0 Å². The minimum Gasteiger partial charge on any atom is -0.497 e. The molecule has 0 bridgehead atoms. The van der Waals surface area contributed by atoms with Crippen LogP contribution >= 0.6 is 46.3 Å². The summed E-state index contributed by atoms with van der Waals surface area (Å²) in [4.78, 5) is 25.6. The average molecular weight is 453 g/mol. The van der Waals surface area contributed by atoms with Crippen LogP contribution in [0.15, 0.2) is 42.5 Å². The zero-order valence-electron chi connectivity index (χ0n) is 14.6. The van der Waals surface area contributed by atoms with Gasteiger partial charge >= 0.3 is 0 Å². The summed E-state index contributed by atoms with van der Waals surface area (Å²) in [6.07, 6.45) is 0. The number of carbonyl (C=O) groups excluding carboxylic acids is 2. The van der Waals surface area contributed by atoms with Gasteiger partial charge in [-0.1, -0.05) is 35.3 Å². The van der Waals surface area contributed by atoms with Gasteiger partial charge in [-0.25, -0.2) is 5.01 Å². The number of thiophene rings is 1. The number of fused-ring (bicyclic) bond motifs is 1. The van der Waals surface area contributed by atoms with E-state index in [1.54, 1.807) is 19.2 Å². The number of methoxy groups -OCH3 is 1. The van der Waals surface area contributed by atoms with E-state index in [1.165, 1.54) is 28.1 Å². The number of benzene rings is 2. The molecule has 1 N–H and O–H groups in total. The highest BCUT2D eigenvalue weighted by atomic mass is 35.5. The molecule has 9 heteroatoms. The fraction of sp³-hybridized carbons (Fsp3) is 0.158. The third-order valence-corrected chi connectivity index (χ3v) is 7.41. The summed E-state index contributed by atoms with van der Waals surface area (Å²) in [6.45, 7) is 0. The van der Waals surface area contributed by atoms with Gasteiger partial charge in [0.15, 0.2) is 0 Å². The summed E-state index contributed by atoms with van der Waals surface area (Å²) < 4.78 is 6.03. The van der Waals surface area contributed by atoms with E-state index in [9.17, 15) is 9.59 Å². The lowest BCUT2D eigenvalue weighted by molar-refractivity contribution is -0.130. The van der Waals surface area contributed by atoms with Gasteiger partial charge in [-0.2, -0.15) is 0 Å². The molecule has 3 aromatic rings. The standard InChI is InChI=1S/C19H14Cl2N2O3S2/c1-26-12-5-2-10(3-6-12)19-23(15(24)9-27-19)22-18(25)17-16(21)13-8-11(20)4-7-14(13)28-17/h2-8,19H,9H2,1H3,(H,22,25). The Kier molecular flexibility index (Phi) is 5.42. The third kappa shape index (κ3) is 3.55. The van der Waals surface area contributed by atoms with Gasteiger partial charge in [-0.15, -0.1) is 23.1 Å². The largest absolute Gasteiger partial charge is 0.497 e. The molecule has 0 spiro atoms. The summed E-state index contributed by atoms with van der Waals surface area (Å²) in [5.41, 5.74) is 3.62. The molecular formula is C19H14Cl2N2O3S2. The lowest BCUT2D eigenvalue weighted by Crippen LogP contribution is -2.44. The van der Waals surface area contributed by atoms with Gasteiger partial charge in [0.25, 0.3) is 11.8 Å². The summed E-state index contributed by atoms with van der Waals surface area (Å²) in [7, 11) is 1.59. The second-order valence-corrected chi connectivity index (χ2v) is 8.96. The molecule has 5 nitrogen and oxygen atoms in total. The predicted octanol–water partition coefficient (Wildman–Crippen LogP) is 5.14. The first-order chi connectivity index (χ1) is 13.5. The number of nitrogens with one attached hydrogen (secondary N) is 1. The molecule has 0 radical (unpaired) electrons. The molecule has 1 atom stereocenters. The smallest absolute Gasteiger partial charge is 0.281 e. The predicted molar refractivity (Wildman–Crippen MR) is 114 cm³/mol. The van der Waals surface area contributed by atoms with Crippen molar-refractivity contribution < 1.29 is 14.3 Å². The average Bonchev–Trinajstić information content (AvgIpc) is 3.22. The van der Waals surface area contributed by atoms with Crippen molar-refractivity contribution in [3.63, 3.8) is 0 Å². The number of hydrogen-bond acceptors (Lipinski definition) is 5. The van der Waals surface area contributed by atoms with Gasteiger partial charge in [0, 0.05) is 15.1 Å². The van der Waals surface area contributed by atoms with Crippen molar-refractivity contribution in [1.82, 2.24) is 10.4 Å². The number of carbonyl (C=O) groups is 2. The molecule has 1 aliphatic rings. The van der Waals surface area contributed by atoms with E-state index < -0.39 is 5.91 Å². The molecule has 2 amide bonds. The fourth-order valence-corrected chi connectivity index (χ4v) is 5.57. The van der Waals surface area contributed by atoms with Crippen molar-refractivity contribution in [2.75, 3.05) is 12.9 Å². The van der Waals surface area contributed by atoms with Crippen molar-refractivity contribution in [2.45, 2.75) is 5.37 Å². The fourth-order valence-electron chi connectivity index (χ4n) is 2.91. The van der Waals surface area contributed by atoms with Crippen LogP contribution in [-0.4, -0.2) is 29.7 Å². The van der Waals surface area contributed by atoms with E-state index >= 15 is 0 Å². The molecule has 1 fully saturated rings. The van der Waals surface area contributed by atoms with Crippen LogP contribution in [0.5, 0.6) is 5.75 Å². The Balaban J connectivity index is 1.60. The van der Waals surface area contributed by atoms with Crippen LogP contribution in [0.25, 0.3) is 10.1 Å². The highest BCUT2D eigenvalue weighted by molar-refractivity contribution is 8.00. The van der Waals surface area contributed by atoms with Gasteiger partial charge in [-0.3, -0.25) is 15.0 Å². The Hall–Kier alpha value is -1.93. The Morgan fingerprint density at radius 3 is 2.68 bits per heavy atom. The molecule has 0 saturated carbocycles. The summed E-state index contributed by atoms with van der Waals surface area (Å²) in [5.74, 6) is 0.424. The molecule has 1 aliphatic heterocycles. The van der Waals surface area contributed by atoms with Gasteiger partial charge in [0.05, 0.1) is 17.9 Å². The molecule has 144 valence electrons. The van der Waals surface area contributed by atoms with Crippen molar-refractivity contribution in [2.24, 2.45) is 0 Å². The van der Waals surface area contributed by atoms with Gasteiger partial charge < -0.3 is 4.74 Å².